The van der Waals surface area contributed by atoms with Crippen LogP contribution >= 0.6 is 24.2 Å². The second-order valence-electron chi connectivity index (χ2n) is 6.34. The predicted octanol–water partition coefficient (Wildman–Crippen LogP) is 2.79. The molecule has 1 aliphatic carbocycles. The van der Waals surface area contributed by atoms with Gasteiger partial charge in [-0.05, 0) is 55.9 Å². The molecule has 0 aromatic heterocycles. The highest BCUT2D eigenvalue weighted by Gasteiger charge is 2.43. The number of carbonyl (C=O) groups is 1. The Morgan fingerprint density at radius 2 is 2.00 bits per heavy atom. The number of benzene rings is 1. The molecule has 0 radical (unpaired) electrons. The second kappa shape index (κ2) is 7.77. The Morgan fingerprint density at radius 3 is 2.61 bits per heavy atom. The van der Waals surface area contributed by atoms with Crippen LogP contribution in [0.25, 0.3) is 0 Å². The van der Waals surface area contributed by atoms with E-state index in [9.17, 15) is 4.79 Å². The van der Waals surface area contributed by atoms with E-state index in [2.05, 4.69) is 0 Å². The zero-order valence-electron chi connectivity index (χ0n) is 13.6. The van der Waals surface area contributed by atoms with Crippen LogP contribution in [0.15, 0.2) is 29.2 Å². The molecule has 4 nitrogen and oxygen atoms in total. The molecule has 1 aliphatic heterocycles. The fourth-order valence-electron chi connectivity index (χ4n) is 3.65. The fraction of sp³-hybridized carbons (Fsp3) is 0.588. The first-order valence-corrected chi connectivity index (χ1v) is 8.81. The molecule has 128 valence electrons. The van der Waals surface area contributed by atoms with Gasteiger partial charge < -0.3 is 15.4 Å². The number of hydrogen-bond acceptors (Lipinski definition) is 4. The highest BCUT2D eigenvalue weighted by atomic mass is 35.5. The lowest BCUT2D eigenvalue weighted by Crippen LogP contribution is -2.37. The van der Waals surface area contributed by atoms with Crippen LogP contribution in [0.2, 0.25) is 0 Å². The van der Waals surface area contributed by atoms with E-state index < -0.39 is 0 Å². The third-order valence-electron chi connectivity index (χ3n) is 4.94. The van der Waals surface area contributed by atoms with Crippen molar-refractivity contribution in [2.24, 2.45) is 17.6 Å². The first-order valence-electron chi connectivity index (χ1n) is 7.93. The summed E-state index contributed by atoms with van der Waals surface area (Å²) < 4.78 is 5.16. The van der Waals surface area contributed by atoms with Crippen LogP contribution in [0.4, 0.5) is 0 Å². The number of carbonyl (C=O) groups excluding carboxylic acids is 1. The molecule has 2 fully saturated rings. The van der Waals surface area contributed by atoms with Crippen molar-refractivity contribution >= 4 is 30.1 Å². The maximum Gasteiger partial charge on any atom is 0.235 e. The molecule has 1 saturated carbocycles. The van der Waals surface area contributed by atoms with Gasteiger partial charge in [0.05, 0.1) is 12.4 Å². The number of fused-ring (bicyclic) bond motifs is 1. The maximum absolute atomic E-state index is 12.7. The van der Waals surface area contributed by atoms with Gasteiger partial charge in [-0.25, -0.2) is 0 Å². The number of hydrogen-bond donors (Lipinski definition) is 1. The Hall–Kier alpha value is -0.910. The zero-order valence-corrected chi connectivity index (χ0v) is 15.2. The predicted molar refractivity (Wildman–Crippen MR) is 96.3 cm³/mol. The van der Waals surface area contributed by atoms with Crippen molar-refractivity contribution in [2.45, 2.75) is 36.0 Å². The van der Waals surface area contributed by atoms with E-state index >= 15 is 0 Å². The summed E-state index contributed by atoms with van der Waals surface area (Å²) in [5, 5.41) is -0.0663. The average molecular weight is 357 g/mol. The number of methoxy groups -OCH3 is 1. The monoisotopic (exact) mass is 356 g/mol. The van der Waals surface area contributed by atoms with Gasteiger partial charge >= 0.3 is 0 Å². The van der Waals surface area contributed by atoms with Gasteiger partial charge in [0.15, 0.2) is 0 Å². The van der Waals surface area contributed by atoms with E-state index in [0.29, 0.717) is 11.8 Å². The van der Waals surface area contributed by atoms with Gasteiger partial charge in [0.1, 0.15) is 5.75 Å². The lowest BCUT2D eigenvalue weighted by molar-refractivity contribution is -0.129. The van der Waals surface area contributed by atoms with Gasteiger partial charge in [-0.3, -0.25) is 4.79 Å². The molecular formula is C17H25ClN2O2S. The van der Waals surface area contributed by atoms with E-state index in [0.717, 1.165) is 30.2 Å². The number of rotatable bonds is 4. The van der Waals surface area contributed by atoms with Crippen molar-refractivity contribution in [1.82, 2.24) is 4.90 Å². The highest BCUT2D eigenvalue weighted by molar-refractivity contribution is 8.00. The summed E-state index contributed by atoms with van der Waals surface area (Å²) in [5.74, 6) is 2.21. The van der Waals surface area contributed by atoms with Crippen LogP contribution in [-0.4, -0.2) is 42.3 Å². The molecule has 0 spiro atoms. The lowest BCUT2D eigenvalue weighted by atomic mass is 9.98. The molecular weight excluding hydrogens is 332 g/mol. The van der Waals surface area contributed by atoms with Gasteiger partial charge in [0, 0.05) is 24.0 Å². The standard InChI is InChI=1S/C17H24N2O2S.ClH/c1-11(22-14-6-4-13(21-2)5-7-14)17(20)19-9-12-3-8-16(18)15(12)10-19;/h4-7,11-12,15-16H,3,8-10,18H2,1-2H3;1H. The minimum absolute atomic E-state index is 0. The van der Waals surface area contributed by atoms with E-state index in [4.69, 9.17) is 10.5 Å². The minimum Gasteiger partial charge on any atom is -0.497 e. The SMILES string of the molecule is COc1ccc(SC(C)C(=O)N2CC3CCC(N)C3C2)cc1.Cl. The molecule has 1 aromatic carbocycles. The van der Waals surface area contributed by atoms with E-state index in [1.54, 1.807) is 18.9 Å². The van der Waals surface area contributed by atoms with Crippen LogP contribution < -0.4 is 10.5 Å². The lowest BCUT2D eigenvalue weighted by Gasteiger charge is -2.22. The quantitative estimate of drug-likeness (QED) is 0.843. The van der Waals surface area contributed by atoms with Gasteiger partial charge in [0.2, 0.25) is 5.91 Å². The summed E-state index contributed by atoms with van der Waals surface area (Å²) in [6.07, 6.45) is 2.29. The van der Waals surface area contributed by atoms with E-state index in [1.807, 2.05) is 36.1 Å². The number of halogens is 1. The largest absolute Gasteiger partial charge is 0.497 e. The molecule has 3 rings (SSSR count). The number of ether oxygens (including phenoxy) is 1. The van der Waals surface area contributed by atoms with Gasteiger partial charge in [-0.1, -0.05) is 0 Å². The van der Waals surface area contributed by atoms with Crippen molar-refractivity contribution in [3.8, 4) is 5.75 Å². The highest BCUT2D eigenvalue weighted by Crippen LogP contribution is 2.38. The zero-order chi connectivity index (χ0) is 15.7. The molecule has 23 heavy (non-hydrogen) atoms. The molecule has 1 saturated heterocycles. The van der Waals surface area contributed by atoms with Crippen molar-refractivity contribution in [3.05, 3.63) is 24.3 Å². The minimum atomic E-state index is -0.0663. The molecule has 6 heteroatoms. The summed E-state index contributed by atoms with van der Waals surface area (Å²) in [6, 6.07) is 8.15. The van der Waals surface area contributed by atoms with Crippen molar-refractivity contribution in [1.29, 1.82) is 0 Å². The first kappa shape index (κ1) is 18.4. The molecule has 0 bridgehead atoms. The molecule has 4 unspecified atom stereocenters. The first-order chi connectivity index (χ1) is 10.6. The Morgan fingerprint density at radius 1 is 1.30 bits per heavy atom. The second-order valence-corrected chi connectivity index (χ2v) is 7.76. The molecule has 1 amide bonds. The Balaban J connectivity index is 0.00000192. The number of thioether (sulfide) groups is 1. The summed E-state index contributed by atoms with van der Waals surface area (Å²) in [7, 11) is 1.66. The Bertz CT molecular complexity index is 540. The smallest absolute Gasteiger partial charge is 0.235 e. The summed E-state index contributed by atoms with van der Waals surface area (Å²) in [5.41, 5.74) is 6.15. The van der Waals surface area contributed by atoms with E-state index in [-0.39, 0.29) is 29.6 Å². The Kier molecular flexibility index (Phi) is 6.23. The van der Waals surface area contributed by atoms with Crippen LogP contribution in [0, 0.1) is 11.8 Å². The number of amides is 1. The topological polar surface area (TPSA) is 55.6 Å². The molecule has 1 aromatic rings. The summed E-state index contributed by atoms with van der Waals surface area (Å²) >= 11 is 1.61. The fourth-order valence-corrected chi connectivity index (χ4v) is 4.60. The van der Waals surface area contributed by atoms with Crippen molar-refractivity contribution in [3.63, 3.8) is 0 Å². The summed E-state index contributed by atoms with van der Waals surface area (Å²) in [4.78, 5) is 15.8. The van der Waals surface area contributed by atoms with E-state index in [1.165, 1.54) is 6.42 Å². The number of nitrogens with zero attached hydrogens (tertiary/aromatic N) is 1. The van der Waals surface area contributed by atoms with Crippen molar-refractivity contribution < 1.29 is 9.53 Å². The normalized spacial score (nSPS) is 27.3. The third-order valence-corrected chi connectivity index (χ3v) is 6.04. The molecule has 1 heterocycles. The average Bonchev–Trinajstić information content (AvgIpc) is 3.10. The van der Waals surface area contributed by atoms with Gasteiger partial charge in [-0.2, -0.15) is 0 Å². The maximum atomic E-state index is 12.7. The number of nitrogens with two attached hydrogens (primary N) is 1. The Labute approximate surface area is 148 Å². The van der Waals surface area contributed by atoms with Crippen LogP contribution in [-0.2, 0) is 4.79 Å². The van der Waals surface area contributed by atoms with Crippen LogP contribution in [0.3, 0.4) is 0 Å². The van der Waals surface area contributed by atoms with Crippen LogP contribution in [0.5, 0.6) is 5.75 Å². The third kappa shape index (κ3) is 3.95. The molecule has 2 N–H and O–H groups in total. The molecule has 4 atom stereocenters. The molecule has 2 aliphatic rings. The van der Waals surface area contributed by atoms with Gasteiger partial charge in [0.25, 0.3) is 0 Å². The van der Waals surface area contributed by atoms with Crippen LogP contribution in [0.1, 0.15) is 19.8 Å². The summed E-state index contributed by atoms with van der Waals surface area (Å²) in [6.45, 7) is 3.73. The van der Waals surface area contributed by atoms with Crippen molar-refractivity contribution in [2.75, 3.05) is 20.2 Å². The van der Waals surface area contributed by atoms with Gasteiger partial charge in [-0.15, -0.1) is 24.2 Å². The number of likely N-dealkylation sites (tertiary alicyclic amines) is 1.